The number of hydrogen-bond donors (Lipinski definition) is 2. The quantitative estimate of drug-likeness (QED) is 0.503. The molecule has 0 spiro atoms. The van der Waals surface area contributed by atoms with Gasteiger partial charge in [-0.05, 0) is 31.0 Å². The highest BCUT2D eigenvalue weighted by Gasteiger charge is 2.16. The summed E-state index contributed by atoms with van der Waals surface area (Å²) in [4.78, 5) is 30.2. The average Bonchev–Trinajstić information content (AvgIpc) is 3.07. The maximum absolute atomic E-state index is 12.8. The number of carbonyl (C=O) groups excluding carboxylic acids is 2. The number of carbonyl (C=O) groups is 2. The van der Waals surface area contributed by atoms with Gasteiger partial charge in [-0.25, -0.2) is 4.98 Å². The summed E-state index contributed by atoms with van der Waals surface area (Å²) >= 11 is 2.70. The van der Waals surface area contributed by atoms with E-state index in [1.165, 1.54) is 28.7 Å². The van der Waals surface area contributed by atoms with Gasteiger partial charge >= 0.3 is 0 Å². The Balaban J connectivity index is 1.77. The first-order chi connectivity index (χ1) is 14.0. The molecule has 0 radical (unpaired) electrons. The molecule has 0 unspecified atom stereocenters. The van der Waals surface area contributed by atoms with Crippen LogP contribution in [0.15, 0.2) is 53.4 Å². The van der Waals surface area contributed by atoms with Crippen molar-refractivity contribution in [3.63, 3.8) is 0 Å². The number of primary amides is 1. The van der Waals surface area contributed by atoms with Gasteiger partial charge in [-0.2, -0.15) is 0 Å². The summed E-state index contributed by atoms with van der Waals surface area (Å²) in [7, 11) is 0. The third kappa shape index (κ3) is 5.46. The van der Waals surface area contributed by atoms with E-state index in [1.807, 2.05) is 13.0 Å². The second-order valence-corrected chi connectivity index (χ2v) is 8.80. The summed E-state index contributed by atoms with van der Waals surface area (Å²) in [5, 5.41) is 3.44. The summed E-state index contributed by atoms with van der Waals surface area (Å²) in [5.41, 5.74) is 8.95. The standard InChI is InChI=1S/C22H23N3O2S2/c1-3-6-15-9-11-16(12-10-15)20-14(2)29-22(24-20)25-21(27)17-7-4-5-8-18(17)28-13-19(23)26/h4-5,7-12H,3,6,13H2,1-2H3,(H2,23,26)(H,24,25,27). The van der Waals surface area contributed by atoms with Gasteiger partial charge in [0.2, 0.25) is 5.91 Å². The molecule has 0 aliphatic heterocycles. The number of hydrogen-bond acceptors (Lipinski definition) is 5. The molecule has 0 bridgehead atoms. The molecule has 0 atom stereocenters. The third-order valence-corrected chi connectivity index (χ3v) is 6.27. The molecule has 3 N–H and O–H groups in total. The second kappa shape index (κ2) is 9.71. The molecule has 0 aliphatic carbocycles. The highest BCUT2D eigenvalue weighted by molar-refractivity contribution is 8.00. The predicted octanol–water partition coefficient (Wildman–Crippen LogP) is 4.90. The number of anilines is 1. The molecule has 3 aromatic rings. The Hall–Kier alpha value is -2.64. The van der Waals surface area contributed by atoms with Gasteiger partial charge in [0.05, 0.1) is 17.0 Å². The van der Waals surface area contributed by atoms with Crippen molar-refractivity contribution in [1.29, 1.82) is 0 Å². The van der Waals surface area contributed by atoms with Crippen LogP contribution in [-0.2, 0) is 11.2 Å². The van der Waals surface area contributed by atoms with Crippen LogP contribution < -0.4 is 11.1 Å². The van der Waals surface area contributed by atoms with Crippen LogP contribution in [-0.4, -0.2) is 22.6 Å². The monoisotopic (exact) mass is 425 g/mol. The van der Waals surface area contributed by atoms with E-state index in [4.69, 9.17) is 5.73 Å². The van der Waals surface area contributed by atoms with Crippen molar-refractivity contribution >= 4 is 40.0 Å². The molecule has 1 aromatic heterocycles. The number of benzene rings is 2. The highest BCUT2D eigenvalue weighted by atomic mass is 32.2. The minimum absolute atomic E-state index is 0.124. The van der Waals surface area contributed by atoms with Gasteiger partial charge in [0.1, 0.15) is 0 Å². The van der Waals surface area contributed by atoms with Crippen LogP contribution >= 0.6 is 23.1 Å². The molecule has 29 heavy (non-hydrogen) atoms. The number of aromatic nitrogens is 1. The van der Waals surface area contributed by atoms with Crippen LogP contribution in [0, 0.1) is 6.92 Å². The average molecular weight is 426 g/mol. The molecule has 150 valence electrons. The normalized spacial score (nSPS) is 10.7. The van der Waals surface area contributed by atoms with Gasteiger partial charge in [0.25, 0.3) is 5.91 Å². The molecule has 5 nitrogen and oxygen atoms in total. The van der Waals surface area contributed by atoms with Gasteiger partial charge in [-0.15, -0.1) is 23.1 Å². The molecule has 0 saturated carbocycles. The number of thiazole rings is 1. The zero-order valence-electron chi connectivity index (χ0n) is 16.4. The van der Waals surface area contributed by atoms with Crippen LogP contribution in [0.2, 0.25) is 0 Å². The first-order valence-electron chi connectivity index (χ1n) is 9.36. The lowest BCUT2D eigenvalue weighted by Crippen LogP contribution is -2.15. The van der Waals surface area contributed by atoms with Crippen molar-refractivity contribution in [2.24, 2.45) is 5.73 Å². The lowest BCUT2D eigenvalue weighted by Gasteiger charge is -2.07. The minimum atomic E-state index is -0.421. The topological polar surface area (TPSA) is 85.1 Å². The van der Waals surface area contributed by atoms with Crippen molar-refractivity contribution in [3.05, 3.63) is 64.5 Å². The number of nitrogens with two attached hydrogens (primary N) is 1. The Kier molecular flexibility index (Phi) is 7.06. The fourth-order valence-corrected chi connectivity index (χ4v) is 4.55. The summed E-state index contributed by atoms with van der Waals surface area (Å²) in [6, 6.07) is 15.6. The van der Waals surface area contributed by atoms with Crippen molar-refractivity contribution in [1.82, 2.24) is 4.98 Å². The maximum atomic E-state index is 12.8. The lowest BCUT2D eigenvalue weighted by molar-refractivity contribution is -0.115. The fraction of sp³-hybridized carbons (Fsp3) is 0.227. The smallest absolute Gasteiger partial charge is 0.258 e. The Morgan fingerprint density at radius 1 is 1.14 bits per heavy atom. The zero-order chi connectivity index (χ0) is 20.8. The first-order valence-corrected chi connectivity index (χ1v) is 11.2. The molecule has 3 rings (SSSR count). The van der Waals surface area contributed by atoms with Crippen LogP contribution in [0.3, 0.4) is 0 Å². The zero-order valence-corrected chi connectivity index (χ0v) is 18.0. The van der Waals surface area contributed by atoms with E-state index >= 15 is 0 Å². The molecule has 7 heteroatoms. The maximum Gasteiger partial charge on any atom is 0.258 e. The lowest BCUT2D eigenvalue weighted by atomic mass is 10.1. The van der Waals surface area contributed by atoms with E-state index < -0.39 is 5.91 Å². The van der Waals surface area contributed by atoms with Crippen LogP contribution in [0.5, 0.6) is 0 Å². The largest absolute Gasteiger partial charge is 0.369 e. The number of nitrogens with zero attached hydrogens (tertiary/aromatic N) is 1. The Morgan fingerprint density at radius 2 is 1.86 bits per heavy atom. The van der Waals surface area contributed by atoms with Crippen molar-refractivity contribution in [3.8, 4) is 11.3 Å². The summed E-state index contributed by atoms with van der Waals surface area (Å²) in [6.45, 7) is 4.16. The molecule has 2 aromatic carbocycles. The highest BCUT2D eigenvalue weighted by Crippen LogP contribution is 2.31. The molecular formula is C22H23N3O2S2. The second-order valence-electron chi connectivity index (χ2n) is 6.58. The van der Waals surface area contributed by atoms with Gasteiger partial charge < -0.3 is 5.73 Å². The van der Waals surface area contributed by atoms with E-state index in [2.05, 4.69) is 41.5 Å². The number of rotatable bonds is 8. The molecule has 0 fully saturated rings. The van der Waals surface area contributed by atoms with Gasteiger partial charge in [0, 0.05) is 15.3 Å². The Bertz CT molecular complexity index is 1010. The SMILES string of the molecule is CCCc1ccc(-c2nc(NC(=O)c3ccccc3SCC(N)=O)sc2C)cc1. The van der Waals surface area contributed by atoms with Crippen molar-refractivity contribution in [2.45, 2.75) is 31.6 Å². The van der Waals surface area contributed by atoms with E-state index in [1.54, 1.807) is 18.2 Å². The van der Waals surface area contributed by atoms with Gasteiger partial charge in [0.15, 0.2) is 5.13 Å². The number of thioether (sulfide) groups is 1. The van der Waals surface area contributed by atoms with Gasteiger partial charge in [-0.3, -0.25) is 14.9 Å². The van der Waals surface area contributed by atoms with E-state index in [0.29, 0.717) is 15.6 Å². The number of aryl methyl sites for hydroxylation is 2. The van der Waals surface area contributed by atoms with Crippen molar-refractivity contribution < 1.29 is 9.59 Å². The summed E-state index contributed by atoms with van der Waals surface area (Å²) in [6.07, 6.45) is 2.18. The molecule has 0 aliphatic rings. The van der Waals surface area contributed by atoms with Crippen LogP contribution in [0.25, 0.3) is 11.3 Å². The summed E-state index contributed by atoms with van der Waals surface area (Å²) < 4.78 is 0. The molecule has 2 amide bonds. The Labute approximate surface area is 178 Å². The molecule has 1 heterocycles. The van der Waals surface area contributed by atoms with E-state index in [0.717, 1.165) is 29.0 Å². The summed E-state index contributed by atoms with van der Waals surface area (Å²) in [5.74, 6) is -0.551. The number of nitrogens with one attached hydrogen (secondary N) is 1. The third-order valence-electron chi connectivity index (χ3n) is 4.28. The predicted molar refractivity (Wildman–Crippen MR) is 121 cm³/mol. The van der Waals surface area contributed by atoms with Gasteiger partial charge in [-0.1, -0.05) is 49.7 Å². The minimum Gasteiger partial charge on any atom is -0.369 e. The van der Waals surface area contributed by atoms with Crippen LogP contribution in [0.4, 0.5) is 5.13 Å². The molecular weight excluding hydrogens is 402 g/mol. The van der Waals surface area contributed by atoms with E-state index in [-0.39, 0.29) is 11.7 Å². The van der Waals surface area contributed by atoms with E-state index in [9.17, 15) is 9.59 Å². The van der Waals surface area contributed by atoms with Crippen molar-refractivity contribution in [2.75, 3.05) is 11.1 Å². The molecule has 0 saturated heterocycles. The first kappa shape index (κ1) is 21.1. The van der Waals surface area contributed by atoms with Crippen LogP contribution in [0.1, 0.15) is 34.1 Å². The number of amides is 2. The fourth-order valence-electron chi connectivity index (χ4n) is 2.93. The Morgan fingerprint density at radius 3 is 2.55 bits per heavy atom.